The van der Waals surface area contributed by atoms with Gasteiger partial charge < -0.3 is 15.7 Å². The molecule has 102 valence electrons. The predicted octanol–water partition coefficient (Wildman–Crippen LogP) is 0.746. The molecule has 0 aliphatic heterocycles. The van der Waals surface area contributed by atoms with E-state index in [9.17, 15) is 9.59 Å². The molecule has 0 radical (unpaired) electrons. The van der Waals surface area contributed by atoms with Crippen molar-refractivity contribution in [3.05, 3.63) is 0 Å². The van der Waals surface area contributed by atoms with Crippen molar-refractivity contribution < 1.29 is 14.7 Å². The SMILES string of the molecule is O=C(O)C1CCCC1C(=O)NCCCNC1CC1. The molecule has 2 saturated carbocycles. The highest BCUT2D eigenvalue weighted by molar-refractivity contribution is 5.85. The first kappa shape index (κ1) is 13.3. The van der Waals surface area contributed by atoms with E-state index in [2.05, 4.69) is 10.6 Å². The number of carbonyl (C=O) groups excluding carboxylic acids is 1. The molecule has 0 heterocycles. The molecule has 0 bridgehead atoms. The Labute approximate surface area is 107 Å². The highest BCUT2D eigenvalue weighted by Gasteiger charge is 2.37. The minimum Gasteiger partial charge on any atom is -0.481 e. The number of aliphatic carboxylic acids is 1. The lowest BCUT2D eigenvalue weighted by atomic mass is 9.95. The second-order valence-electron chi connectivity index (χ2n) is 5.36. The van der Waals surface area contributed by atoms with Crippen LogP contribution in [-0.4, -0.2) is 36.1 Å². The van der Waals surface area contributed by atoms with Crippen LogP contribution in [-0.2, 0) is 9.59 Å². The van der Waals surface area contributed by atoms with Crippen LogP contribution in [0.3, 0.4) is 0 Å². The Hall–Kier alpha value is -1.10. The number of amides is 1. The monoisotopic (exact) mass is 254 g/mol. The maximum atomic E-state index is 11.9. The van der Waals surface area contributed by atoms with Crippen LogP contribution in [0.1, 0.15) is 38.5 Å². The Morgan fingerprint density at radius 1 is 1.06 bits per heavy atom. The fourth-order valence-corrected chi connectivity index (χ4v) is 2.59. The summed E-state index contributed by atoms with van der Waals surface area (Å²) in [4.78, 5) is 22.9. The summed E-state index contributed by atoms with van der Waals surface area (Å²) < 4.78 is 0. The molecule has 2 fully saturated rings. The van der Waals surface area contributed by atoms with Crippen molar-refractivity contribution >= 4 is 11.9 Å². The van der Waals surface area contributed by atoms with Crippen molar-refractivity contribution in [2.45, 2.75) is 44.6 Å². The normalized spacial score (nSPS) is 27.1. The van der Waals surface area contributed by atoms with Gasteiger partial charge in [0.05, 0.1) is 11.8 Å². The van der Waals surface area contributed by atoms with Gasteiger partial charge in [-0.25, -0.2) is 0 Å². The van der Waals surface area contributed by atoms with Gasteiger partial charge in [0.1, 0.15) is 0 Å². The lowest BCUT2D eigenvalue weighted by Crippen LogP contribution is -2.36. The summed E-state index contributed by atoms with van der Waals surface area (Å²) in [6.07, 6.45) is 5.65. The van der Waals surface area contributed by atoms with Gasteiger partial charge in [-0.05, 0) is 38.6 Å². The van der Waals surface area contributed by atoms with Gasteiger partial charge in [0, 0.05) is 12.6 Å². The van der Waals surface area contributed by atoms with Crippen molar-refractivity contribution in [3.63, 3.8) is 0 Å². The summed E-state index contributed by atoms with van der Waals surface area (Å²) >= 11 is 0. The minimum atomic E-state index is -0.831. The van der Waals surface area contributed by atoms with E-state index < -0.39 is 11.9 Å². The zero-order valence-corrected chi connectivity index (χ0v) is 10.7. The molecule has 2 rings (SSSR count). The van der Waals surface area contributed by atoms with Gasteiger partial charge >= 0.3 is 5.97 Å². The Morgan fingerprint density at radius 3 is 2.44 bits per heavy atom. The molecule has 2 unspecified atom stereocenters. The third-order valence-electron chi connectivity index (χ3n) is 3.83. The molecule has 2 atom stereocenters. The molecule has 18 heavy (non-hydrogen) atoms. The molecule has 2 aliphatic rings. The first-order valence-electron chi connectivity index (χ1n) is 6.92. The van der Waals surface area contributed by atoms with Crippen molar-refractivity contribution in [1.82, 2.24) is 10.6 Å². The molecule has 0 aromatic carbocycles. The molecular formula is C13H22N2O3. The standard InChI is InChI=1S/C13H22N2O3/c16-12(10-3-1-4-11(10)13(17)18)15-8-2-7-14-9-5-6-9/h9-11,14H,1-8H2,(H,15,16)(H,17,18). The summed E-state index contributed by atoms with van der Waals surface area (Å²) in [5, 5.41) is 15.3. The van der Waals surface area contributed by atoms with Crippen LogP contribution in [0, 0.1) is 11.8 Å². The number of rotatable bonds is 7. The van der Waals surface area contributed by atoms with Gasteiger partial charge in [-0.3, -0.25) is 9.59 Å². The second kappa shape index (κ2) is 6.18. The fraction of sp³-hybridized carbons (Fsp3) is 0.846. The molecule has 0 spiro atoms. The molecule has 5 heteroatoms. The predicted molar refractivity (Wildman–Crippen MR) is 67.1 cm³/mol. The van der Waals surface area contributed by atoms with Gasteiger partial charge in [-0.15, -0.1) is 0 Å². The Bertz CT molecular complexity index is 315. The Morgan fingerprint density at radius 2 is 1.78 bits per heavy atom. The number of hydrogen-bond donors (Lipinski definition) is 3. The highest BCUT2D eigenvalue weighted by Crippen LogP contribution is 2.31. The van der Waals surface area contributed by atoms with E-state index in [-0.39, 0.29) is 11.8 Å². The summed E-state index contributed by atoms with van der Waals surface area (Å²) in [6.45, 7) is 1.57. The van der Waals surface area contributed by atoms with E-state index in [1.54, 1.807) is 0 Å². The Balaban J connectivity index is 1.62. The number of hydrogen-bond acceptors (Lipinski definition) is 3. The van der Waals surface area contributed by atoms with Crippen LogP contribution in [0.5, 0.6) is 0 Å². The van der Waals surface area contributed by atoms with Gasteiger partial charge in [0.2, 0.25) is 5.91 Å². The maximum Gasteiger partial charge on any atom is 0.307 e. The number of carbonyl (C=O) groups is 2. The van der Waals surface area contributed by atoms with Gasteiger partial charge in [0.15, 0.2) is 0 Å². The van der Waals surface area contributed by atoms with Crippen LogP contribution in [0.25, 0.3) is 0 Å². The van der Waals surface area contributed by atoms with E-state index in [0.717, 1.165) is 19.4 Å². The van der Waals surface area contributed by atoms with Gasteiger partial charge in [-0.2, -0.15) is 0 Å². The van der Waals surface area contributed by atoms with Crippen molar-refractivity contribution in [3.8, 4) is 0 Å². The lowest BCUT2D eigenvalue weighted by molar-refractivity contribution is -0.146. The van der Waals surface area contributed by atoms with Gasteiger partial charge in [0.25, 0.3) is 0 Å². The Kier molecular flexibility index (Phi) is 4.58. The van der Waals surface area contributed by atoms with Crippen LogP contribution in [0.4, 0.5) is 0 Å². The van der Waals surface area contributed by atoms with Crippen molar-refractivity contribution in [2.75, 3.05) is 13.1 Å². The van der Waals surface area contributed by atoms with E-state index in [1.807, 2.05) is 0 Å². The summed E-state index contributed by atoms with van der Waals surface area (Å²) in [5.41, 5.74) is 0. The molecule has 5 nitrogen and oxygen atoms in total. The zero-order chi connectivity index (χ0) is 13.0. The topological polar surface area (TPSA) is 78.4 Å². The molecule has 2 aliphatic carbocycles. The van der Waals surface area contributed by atoms with E-state index >= 15 is 0 Å². The average molecular weight is 254 g/mol. The van der Waals surface area contributed by atoms with Crippen LogP contribution in [0.2, 0.25) is 0 Å². The summed E-state index contributed by atoms with van der Waals surface area (Å²) in [7, 11) is 0. The van der Waals surface area contributed by atoms with Gasteiger partial charge in [-0.1, -0.05) is 6.42 Å². The summed E-state index contributed by atoms with van der Waals surface area (Å²) in [5.74, 6) is -1.71. The fourth-order valence-electron chi connectivity index (χ4n) is 2.59. The highest BCUT2D eigenvalue weighted by atomic mass is 16.4. The molecule has 1 amide bonds. The average Bonchev–Trinajstić information content (AvgIpc) is 3.02. The third kappa shape index (κ3) is 3.70. The second-order valence-corrected chi connectivity index (χ2v) is 5.36. The molecule has 0 aromatic rings. The van der Waals surface area contributed by atoms with E-state index in [4.69, 9.17) is 5.11 Å². The van der Waals surface area contributed by atoms with Crippen molar-refractivity contribution in [2.24, 2.45) is 11.8 Å². The van der Waals surface area contributed by atoms with E-state index in [1.165, 1.54) is 12.8 Å². The quantitative estimate of drug-likeness (QED) is 0.586. The third-order valence-corrected chi connectivity index (χ3v) is 3.83. The number of carboxylic acids is 1. The van der Waals surface area contributed by atoms with Crippen LogP contribution in [0.15, 0.2) is 0 Å². The molecule has 3 N–H and O–H groups in total. The minimum absolute atomic E-state index is 0.0775. The largest absolute Gasteiger partial charge is 0.481 e. The van der Waals surface area contributed by atoms with Crippen molar-refractivity contribution in [1.29, 1.82) is 0 Å². The summed E-state index contributed by atoms with van der Waals surface area (Å²) in [6, 6.07) is 0.701. The zero-order valence-electron chi connectivity index (χ0n) is 10.7. The molecular weight excluding hydrogens is 232 g/mol. The van der Waals surface area contributed by atoms with Crippen LogP contribution >= 0.6 is 0 Å². The maximum absolute atomic E-state index is 11.9. The molecule has 0 aromatic heterocycles. The lowest BCUT2D eigenvalue weighted by Gasteiger charge is -2.15. The van der Waals surface area contributed by atoms with Crippen LogP contribution < -0.4 is 10.6 Å². The smallest absolute Gasteiger partial charge is 0.307 e. The number of carboxylic acid groups (broad SMARTS) is 1. The first-order chi connectivity index (χ1) is 8.68. The number of nitrogens with one attached hydrogen (secondary N) is 2. The van der Waals surface area contributed by atoms with E-state index in [0.29, 0.717) is 25.4 Å². The molecule has 0 saturated heterocycles. The first-order valence-corrected chi connectivity index (χ1v) is 6.92.